The average Bonchev–Trinajstić information content (AvgIpc) is 1.37. The van der Waals surface area contributed by atoms with E-state index in [1.807, 2.05) is 0 Å². The second-order valence-electron chi connectivity index (χ2n) is 0.471. The van der Waals surface area contributed by atoms with E-state index in [9.17, 15) is 0 Å². The molecule has 0 saturated heterocycles. The summed E-state index contributed by atoms with van der Waals surface area (Å²) in [5, 5.41) is 0. The van der Waals surface area contributed by atoms with Crippen LogP contribution in [0.2, 0.25) is 0 Å². The molecule has 0 aromatic rings. The van der Waals surface area contributed by atoms with Crippen LogP contribution >= 0.6 is 0 Å². The molecule has 0 aromatic heterocycles. The van der Waals surface area contributed by atoms with E-state index >= 15 is 0 Å². The Kier molecular flexibility index (Phi) is 16.9. The van der Waals surface area contributed by atoms with Crippen LogP contribution in [0.4, 0.5) is 0 Å². The van der Waals surface area contributed by atoms with Crippen molar-refractivity contribution in [3.8, 4) is 0 Å². The Morgan fingerprint density at radius 1 is 1.00 bits per heavy atom. The third-order valence-electron chi connectivity index (χ3n) is 0.167. The number of hydrogen-bond acceptors (Lipinski definition) is 0. The zero-order valence-electron chi connectivity index (χ0n) is 2.57. The predicted octanol–water partition coefficient (Wildman–Crippen LogP) is 0.710. The van der Waals surface area contributed by atoms with E-state index in [1.54, 1.807) is 12.2 Å². The quantitative estimate of drug-likeness (QED) is 0.331. The summed E-state index contributed by atoms with van der Waals surface area (Å²) in [6.07, 6.45) is 3.28. The predicted molar refractivity (Wildman–Crippen MR) is 27.5 cm³/mol. The number of rotatable bonds is 1. The van der Waals surface area contributed by atoms with E-state index in [1.165, 1.54) is 0 Å². The molecule has 0 heterocycles. The summed E-state index contributed by atoms with van der Waals surface area (Å²) in [6.45, 7) is 6.72. The van der Waals surface area contributed by atoms with E-state index in [0.29, 0.717) is 0 Å². The molecule has 0 spiro atoms. The maximum atomic E-state index is 3.36. The van der Waals surface area contributed by atoms with Crippen molar-refractivity contribution in [2.24, 2.45) is 0 Å². The van der Waals surface area contributed by atoms with Gasteiger partial charge in [0.2, 0.25) is 0 Å². The maximum absolute atomic E-state index is 3.36. The van der Waals surface area contributed by atoms with E-state index < -0.39 is 0 Å². The van der Waals surface area contributed by atoms with E-state index in [2.05, 4.69) is 13.2 Å². The third kappa shape index (κ3) is 11.1. The van der Waals surface area contributed by atoms with Gasteiger partial charge < -0.3 is 0 Å². The Morgan fingerprint density at radius 2 is 1.20 bits per heavy atom. The summed E-state index contributed by atoms with van der Waals surface area (Å²) in [5.74, 6) is 0. The number of hydrogen-bond donors (Lipinski definition) is 0. The van der Waals surface area contributed by atoms with Crippen LogP contribution in [-0.2, 0) is 0 Å². The molecule has 0 N–H and O–H groups in total. The molecule has 0 rings (SSSR count). The fraction of sp³-hybridized carbons (Fsp3) is 0. The van der Waals surface area contributed by atoms with Gasteiger partial charge in [-0.05, 0) is 0 Å². The summed E-state index contributed by atoms with van der Waals surface area (Å²) in [6, 6.07) is 0. The Labute approximate surface area is 75.4 Å². The van der Waals surface area contributed by atoms with E-state index in [-0.39, 0.29) is 51.4 Å². The zero-order valence-corrected chi connectivity index (χ0v) is 2.57. The van der Waals surface area contributed by atoms with Crippen LogP contribution < -0.4 is 0 Å². The Balaban J connectivity index is 0. The Hall–Kier alpha value is 1.12. The molecule has 0 amide bonds. The molecule has 0 nitrogen and oxygen atoms in total. The monoisotopic (exact) mass is 94.0 g/mol. The Bertz CT molecular complexity index is 24.6. The first-order valence-corrected chi connectivity index (χ1v) is 1.15. The molecule has 0 bridgehead atoms. The van der Waals surface area contributed by atoms with Gasteiger partial charge in [-0.1, -0.05) is 25.3 Å². The van der Waals surface area contributed by atoms with Gasteiger partial charge >= 0.3 is 51.4 Å². The van der Waals surface area contributed by atoms with Crippen molar-refractivity contribution < 1.29 is 0 Å². The van der Waals surface area contributed by atoms with Crippen molar-refractivity contribution in [2.75, 3.05) is 0 Å². The molecular weight excluding hydrogens is 87.1 g/mol. The second-order valence-corrected chi connectivity index (χ2v) is 0.471. The minimum atomic E-state index is 0. The average molecular weight is 94.2 g/mol. The van der Waals surface area contributed by atoms with Gasteiger partial charge in [0.15, 0.2) is 0 Å². The van der Waals surface area contributed by atoms with Crippen LogP contribution in [-0.4, -0.2) is 51.4 Å². The summed E-state index contributed by atoms with van der Waals surface area (Å²) < 4.78 is 0. The molecule has 0 atom stereocenters. The molecule has 0 radical (unpaired) electrons. The van der Waals surface area contributed by atoms with Gasteiger partial charge in [-0.2, -0.15) is 0 Å². The Morgan fingerprint density at radius 3 is 1.20 bits per heavy atom. The van der Waals surface area contributed by atoms with Crippen LogP contribution in [0.5, 0.6) is 0 Å². The molecule has 0 saturated carbocycles. The molecular formula is C4H7K. The third-order valence-corrected chi connectivity index (χ3v) is 0.167. The second kappa shape index (κ2) is 8.93. The molecule has 0 fully saturated rings. The fourth-order valence-electron chi connectivity index (χ4n) is 0. The summed E-state index contributed by atoms with van der Waals surface area (Å²) in [7, 11) is 0. The van der Waals surface area contributed by atoms with Gasteiger partial charge in [0.05, 0.1) is 0 Å². The van der Waals surface area contributed by atoms with Gasteiger partial charge in [0, 0.05) is 0 Å². The van der Waals surface area contributed by atoms with Gasteiger partial charge in [-0.15, -0.1) is 0 Å². The molecule has 24 valence electrons. The van der Waals surface area contributed by atoms with Crippen molar-refractivity contribution in [2.45, 2.75) is 0 Å². The standard InChI is InChI=1S/C4H6.K.H/c1-3-4-2;;/h3-4H,1-2H2;;. The van der Waals surface area contributed by atoms with Crippen molar-refractivity contribution >= 4 is 51.4 Å². The molecule has 5 heavy (non-hydrogen) atoms. The number of allylic oxidation sites excluding steroid dienone is 2. The first-order chi connectivity index (χ1) is 1.91. The van der Waals surface area contributed by atoms with Crippen LogP contribution in [0.1, 0.15) is 0 Å². The summed E-state index contributed by atoms with van der Waals surface area (Å²) >= 11 is 0. The van der Waals surface area contributed by atoms with E-state index in [0.717, 1.165) is 0 Å². The molecule has 0 aliphatic heterocycles. The van der Waals surface area contributed by atoms with Crippen LogP contribution in [0.15, 0.2) is 25.3 Å². The first kappa shape index (κ1) is 9.45. The first-order valence-electron chi connectivity index (χ1n) is 1.15. The zero-order chi connectivity index (χ0) is 3.41. The SMILES string of the molecule is C=CC=C.[KH]. The van der Waals surface area contributed by atoms with Crippen LogP contribution in [0.3, 0.4) is 0 Å². The minimum absolute atomic E-state index is 0. The topological polar surface area (TPSA) is 0 Å². The van der Waals surface area contributed by atoms with Crippen molar-refractivity contribution in [3.63, 3.8) is 0 Å². The fourth-order valence-corrected chi connectivity index (χ4v) is 0. The van der Waals surface area contributed by atoms with Crippen molar-refractivity contribution in [3.05, 3.63) is 25.3 Å². The molecule has 1 heteroatoms. The van der Waals surface area contributed by atoms with Crippen molar-refractivity contribution in [1.82, 2.24) is 0 Å². The van der Waals surface area contributed by atoms with Gasteiger partial charge in [0.25, 0.3) is 0 Å². The van der Waals surface area contributed by atoms with Crippen molar-refractivity contribution in [1.29, 1.82) is 0 Å². The molecule has 0 unspecified atom stereocenters. The molecule has 0 aromatic carbocycles. The molecule has 0 aliphatic rings. The van der Waals surface area contributed by atoms with Crippen LogP contribution in [0.25, 0.3) is 0 Å². The van der Waals surface area contributed by atoms with Gasteiger partial charge in [-0.25, -0.2) is 0 Å². The summed E-state index contributed by atoms with van der Waals surface area (Å²) in [4.78, 5) is 0. The van der Waals surface area contributed by atoms with E-state index in [4.69, 9.17) is 0 Å². The van der Waals surface area contributed by atoms with Gasteiger partial charge in [0.1, 0.15) is 0 Å². The normalized spacial score (nSPS) is 4.00. The van der Waals surface area contributed by atoms with Gasteiger partial charge in [-0.3, -0.25) is 0 Å². The molecule has 0 aliphatic carbocycles. The van der Waals surface area contributed by atoms with Crippen LogP contribution in [0, 0.1) is 0 Å². The summed E-state index contributed by atoms with van der Waals surface area (Å²) in [5.41, 5.74) is 0.